The lowest BCUT2D eigenvalue weighted by molar-refractivity contribution is 0.306. The molecule has 3 nitrogen and oxygen atoms in total. The van der Waals surface area contributed by atoms with Gasteiger partial charge in [-0.15, -0.1) is 0 Å². The molecular weight excluding hydrogens is 320 g/mol. The van der Waals surface area contributed by atoms with Gasteiger partial charge in [0.2, 0.25) is 0 Å². The van der Waals surface area contributed by atoms with Gasteiger partial charge in [-0.2, -0.15) is 0 Å². The van der Waals surface area contributed by atoms with Crippen LogP contribution >= 0.6 is 11.6 Å². The SMILES string of the molecule is O/N=C(/C[C@H]1CC[C@@H](c2ccccc2)CC1)Nc1ccc(Cl)cc1. The molecule has 4 heteroatoms. The minimum Gasteiger partial charge on any atom is -0.409 e. The van der Waals surface area contributed by atoms with Crippen molar-refractivity contribution in [3.05, 3.63) is 65.2 Å². The molecule has 126 valence electrons. The van der Waals surface area contributed by atoms with Crippen molar-refractivity contribution in [2.24, 2.45) is 11.1 Å². The summed E-state index contributed by atoms with van der Waals surface area (Å²) < 4.78 is 0. The summed E-state index contributed by atoms with van der Waals surface area (Å²) in [4.78, 5) is 0. The van der Waals surface area contributed by atoms with E-state index in [4.69, 9.17) is 11.6 Å². The quantitative estimate of drug-likeness (QED) is 0.314. The predicted octanol–water partition coefficient (Wildman–Crippen LogP) is 5.90. The zero-order chi connectivity index (χ0) is 16.8. The van der Waals surface area contributed by atoms with Gasteiger partial charge in [0.05, 0.1) is 0 Å². The van der Waals surface area contributed by atoms with Gasteiger partial charge in [0.15, 0.2) is 0 Å². The van der Waals surface area contributed by atoms with Gasteiger partial charge in [0.25, 0.3) is 0 Å². The van der Waals surface area contributed by atoms with E-state index < -0.39 is 0 Å². The van der Waals surface area contributed by atoms with Gasteiger partial charge in [-0.25, -0.2) is 0 Å². The average molecular weight is 343 g/mol. The molecule has 0 bridgehead atoms. The summed E-state index contributed by atoms with van der Waals surface area (Å²) in [7, 11) is 0. The van der Waals surface area contributed by atoms with Crippen LogP contribution in [0, 0.1) is 5.92 Å². The normalized spacial score (nSPS) is 21.5. The van der Waals surface area contributed by atoms with Crippen LogP contribution in [0.4, 0.5) is 5.69 Å². The molecule has 0 spiro atoms. The number of hydrogen-bond donors (Lipinski definition) is 2. The number of anilines is 1. The Morgan fingerprint density at radius 1 is 1.00 bits per heavy atom. The Balaban J connectivity index is 1.52. The first-order chi connectivity index (χ1) is 11.7. The first-order valence-electron chi connectivity index (χ1n) is 8.53. The highest BCUT2D eigenvalue weighted by atomic mass is 35.5. The van der Waals surface area contributed by atoms with Gasteiger partial charge in [-0.3, -0.25) is 0 Å². The van der Waals surface area contributed by atoms with E-state index in [1.165, 1.54) is 31.2 Å². The molecule has 24 heavy (non-hydrogen) atoms. The average Bonchev–Trinajstić information content (AvgIpc) is 2.64. The largest absolute Gasteiger partial charge is 0.409 e. The second kappa shape index (κ2) is 8.20. The molecule has 1 saturated carbocycles. The molecule has 1 aliphatic carbocycles. The van der Waals surface area contributed by atoms with Crippen molar-refractivity contribution in [3.63, 3.8) is 0 Å². The first kappa shape index (κ1) is 16.8. The van der Waals surface area contributed by atoms with E-state index in [2.05, 4.69) is 40.8 Å². The molecule has 2 aromatic rings. The van der Waals surface area contributed by atoms with Crippen molar-refractivity contribution in [2.75, 3.05) is 5.32 Å². The van der Waals surface area contributed by atoms with Crippen LogP contribution in [0.15, 0.2) is 59.8 Å². The molecule has 1 aliphatic rings. The van der Waals surface area contributed by atoms with Crippen LogP contribution in [-0.4, -0.2) is 11.0 Å². The Kier molecular flexibility index (Phi) is 5.76. The third-order valence-corrected chi connectivity index (χ3v) is 5.11. The fraction of sp³-hybridized carbons (Fsp3) is 0.350. The molecule has 0 atom stereocenters. The van der Waals surface area contributed by atoms with Gasteiger partial charge >= 0.3 is 0 Å². The summed E-state index contributed by atoms with van der Waals surface area (Å²) in [5.74, 6) is 1.86. The van der Waals surface area contributed by atoms with Gasteiger partial charge < -0.3 is 10.5 Å². The predicted molar refractivity (Wildman–Crippen MR) is 100 cm³/mol. The number of amidine groups is 1. The first-order valence-corrected chi connectivity index (χ1v) is 8.91. The summed E-state index contributed by atoms with van der Waals surface area (Å²) >= 11 is 5.89. The maximum atomic E-state index is 9.30. The van der Waals surface area contributed by atoms with Crippen LogP contribution in [0.1, 0.15) is 43.6 Å². The monoisotopic (exact) mass is 342 g/mol. The third-order valence-electron chi connectivity index (χ3n) is 4.85. The molecule has 0 amide bonds. The number of hydrogen-bond acceptors (Lipinski definition) is 2. The zero-order valence-electron chi connectivity index (χ0n) is 13.7. The fourth-order valence-corrected chi connectivity index (χ4v) is 3.64. The van der Waals surface area contributed by atoms with Gasteiger partial charge in [-0.1, -0.05) is 47.1 Å². The van der Waals surface area contributed by atoms with Crippen molar-refractivity contribution in [1.29, 1.82) is 0 Å². The molecule has 0 heterocycles. The Morgan fingerprint density at radius 2 is 1.67 bits per heavy atom. The van der Waals surface area contributed by atoms with Crippen LogP contribution in [0.25, 0.3) is 0 Å². The molecule has 2 N–H and O–H groups in total. The molecule has 0 aliphatic heterocycles. The smallest absolute Gasteiger partial charge is 0.146 e. The number of benzene rings is 2. The molecule has 0 radical (unpaired) electrons. The van der Waals surface area contributed by atoms with E-state index in [-0.39, 0.29) is 0 Å². The van der Waals surface area contributed by atoms with E-state index in [1.807, 2.05) is 24.3 Å². The molecule has 3 rings (SSSR count). The van der Waals surface area contributed by atoms with E-state index in [1.54, 1.807) is 0 Å². The highest BCUT2D eigenvalue weighted by Crippen LogP contribution is 2.37. The highest BCUT2D eigenvalue weighted by molar-refractivity contribution is 6.30. The van der Waals surface area contributed by atoms with Gasteiger partial charge in [0, 0.05) is 17.1 Å². The van der Waals surface area contributed by atoms with Crippen molar-refractivity contribution in [2.45, 2.75) is 38.0 Å². The number of oxime groups is 1. The maximum absolute atomic E-state index is 9.30. The van der Waals surface area contributed by atoms with Crippen LogP contribution in [0.5, 0.6) is 0 Å². The van der Waals surface area contributed by atoms with Crippen LogP contribution in [0.2, 0.25) is 5.02 Å². The van der Waals surface area contributed by atoms with Gasteiger partial charge in [-0.05, 0) is 67.3 Å². The van der Waals surface area contributed by atoms with Crippen molar-refractivity contribution in [1.82, 2.24) is 0 Å². The molecule has 1 fully saturated rings. The molecule has 0 unspecified atom stereocenters. The molecule has 0 aromatic heterocycles. The molecular formula is C20H23ClN2O. The number of rotatable bonds is 4. The lowest BCUT2D eigenvalue weighted by atomic mass is 9.77. The minimum absolute atomic E-state index is 0.565. The summed E-state index contributed by atoms with van der Waals surface area (Å²) in [6.45, 7) is 0. The topological polar surface area (TPSA) is 44.6 Å². The summed E-state index contributed by atoms with van der Waals surface area (Å²) in [5.41, 5.74) is 2.34. The molecule has 0 saturated heterocycles. The molecule has 2 aromatic carbocycles. The maximum Gasteiger partial charge on any atom is 0.146 e. The lowest BCUT2D eigenvalue weighted by Gasteiger charge is -2.29. The van der Waals surface area contributed by atoms with Crippen molar-refractivity contribution in [3.8, 4) is 0 Å². The summed E-state index contributed by atoms with van der Waals surface area (Å²) in [5, 5.41) is 16.6. The highest BCUT2D eigenvalue weighted by Gasteiger charge is 2.23. The number of nitrogens with one attached hydrogen (secondary N) is 1. The Bertz CT molecular complexity index is 662. The van der Waals surface area contributed by atoms with E-state index in [9.17, 15) is 5.21 Å². The van der Waals surface area contributed by atoms with E-state index in [0.29, 0.717) is 22.7 Å². The van der Waals surface area contributed by atoms with Crippen LogP contribution < -0.4 is 5.32 Å². The van der Waals surface area contributed by atoms with Crippen LogP contribution in [-0.2, 0) is 0 Å². The second-order valence-corrected chi connectivity index (χ2v) is 6.95. The Labute approximate surface area is 148 Å². The Morgan fingerprint density at radius 3 is 2.29 bits per heavy atom. The van der Waals surface area contributed by atoms with Crippen molar-refractivity contribution < 1.29 is 5.21 Å². The second-order valence-electron chi connectivity index (χ2n) is 6.51. The van der Waals surface area contributed by atoms with E-state index >= 15 is 0 Å². The fourth-order valence-electron chi connectivity index (χ4n) is 3.52. The minimum atomic E-state index is 0.565. The lowest BCUT2D eigenvalue weighted by Crippen LogP contribution is -2.21. The van der Waals surface area contributed by atoms with Crippen LogP contribution in [0.3, 0.4) is 0 Å². The number of halogens is 1. The Hall–Kier alpha value is -2.00. The standard InChI is InChI=1S/C20H23ClN2O/c21-18-10-12-19(13-11-18)22-20(23-24)14-15-6-8-17(9-7-15)16-4-2-1-3-5-16/h1-5,10-13,15,17,24H,6-9,14H2,(H,22,23)/t15-,17+. The van der Waals surface area contributed by atoms with Gasteiger partial charge in [0.1, 0.15) is 5.84 Å². The van der Waals surface area contributed by atoms with Crippen molar-refractivity contribution >= 4 is 23.1 Å². The third kappa shape index (κ3) is 4.51. The zero-order valence-corrected chi connectivity index (χ0v) is 14.4. The summed E-state index contributed by atoms with van der Waals surface area (Å²) in [6.07, 6.45) is 5.52. The van der Waals surface area contributed by atoms with E-state index in [0.717, 1.165) is 12.1 Å². The summed E-state index contributed by atoms with van der Waals surface area (Å²) in [6, 6.07) is 18.2. The number of nitrogens with zero attached hydrogens (tertiary/aromatic N) is 1.